The first-order chi connectivity index (χ1) is 7.33. The first-order valence-electron chi connectivity index (χ1n) is 5.02. The average Bonchev–Trinajstić information content (AvgIpc) is 2.30. The van der Waals surface area contributed by atoms with Crippen LogP contribution in [0.15, 0.2) is 30.3 Å². The summed E-state index contributed by atoms with van der Waals surface area (Å²) in [5.74, 6) is 0. The third-order valence-corrected chi connectivity index (χ3v) is 1.37. The molecule has 0 atom stereocenters. The lowest BCUT2D eigenvalue weighted by Crippen LogP contribution is -2.18. The van der Waals surface area contributed by atoms with E-state index in [1.807, 2.05) is 32.0 Å². The number of rotatable bonds is 3. The molecular weight excluding hydrogens is 192 g/mol. The van der Waals surface area contributed by atoms with Gasteiger partial charge in [0.25, 0.3) is 0 Å². The molecule has 0 radical (unpaired) electrons. The number of hydrogen-bond donors (Lipinski definition) is 2. The molecule has 0 saturated heterocycles. The Morgan fingerprint density at radius 1 is 1.33 bits per heavy atom. The highest BCUT2D eigenvalue weighted by Crippen LogP contribution is 2.04. The van der Waals surface area contributed by atoms with Crippen molar-refractivity contribution in [2.24, 2.45) is 5.73 Å². The number of carbonyl (C=O) groups excluding carboxylic acids is 1. The van der Waals surface area contributed by atoms with E-state index in [4.69, 9.17) is 10.5 Å². The largest absolute Gasteiger partial charge is 0.448 e. The Kier molecular flexibility index (Phi) is 8.09. The van der Waals surface area contributed by atoms with Crippen molar-refractivity contribution >= 4 is 11.8 Å². The van der Waals surface area contributed by atoms with Crippen LogP contribution in [0.1, 0.15) is 13.8 Å². The van der Waals surface area contributed by atoms with Gasteiger partial charge in [0.2, 0.25) is 0 Å². The highest BCUT2D eigenvalue weighted by Gasteiger charge is 2.00. The first-order valence-corrected chi connectivity index (χ1v) is 5.02. The molecule has 0 heterocycles. The minimum absolute atomic E-state index is 0.235. The van der Waals surface area contributed by atoms with Crippen LogP contribution >= 0.6 is 0 Å². The van der Waals surface area contributed by atoms with Crippen LogP contribution in [0.4, 0.5) is 10.5 Å². The third kappa shape index (κ3) is 6.51. The Bertz CT molecular complexity index is 263. The smallest absolute Gasteiger partial charge is 0.411 e. The van der Waals surface area contributed by atoms with E-state index < -0.39 is 6.09 Å². The zero-order valence-corrected chi connectivity index (χ0v) is 9.19. The van der Waals surface area contributed by atoms with Crippen molar-refractivity contribution < 1.29 is 9.53 Å². The van der Waals surface area contributed by atoms with Gasteiger partial charge in [-0.05, 0) is 12.1 Å². The number of anilines is 1. The molecule has 0 aromatic heterocycles. The predicted octanol–water partition coefficient (Wildman–Crippen LogP) is 2.22. The minimum Gasteiger partial charge on any atom is -0.448 e. The predicted molar refractivity (Wildman–Crippen MR) is 61.8 cm³/mol. The van der Waals surface area contributed by atoms with E-state index in [9.17, 15) is 4.79 Å². The van der Waals surface area contributed by atoms with Gasteiger partial charge in [-0.3, -0.25) is 5.32 Å². The summed E-state index contributed by atoms with van der Waals surface area (Å²) < 4.78 is 4.72. The second-order valence-electron chi connectivity index (χ2n) is 2.42. The van der Waals surface area contributed by atoms with E-state index in [0.29, 0.717) is 12.2 Å². The fraction of sp³-hybridized carbons (Fsp3) is 0.364. The number of nitrogens with two attached hydrogens (primary N) is 1. The standard InChI is InChI=1S/C9H12N2O2.C2H6/c10-6-7-13-9(12)11-8-4-2-1-3-5-8;1-2/h1-5H,6-7,10H2,(H,11,12);1-2H3. The minimum atomic E-state index is -0.475. The lowest BCUT2D eigenvalue weighted by Gasteiger charge is -2.04. The number of hydrogen-bond acceptors (Lipinski definition) is 3. The van der Waals surface area contributed by atoms with Gasteiger partial charge in [-0.15, -0.1) is 0 Å². The quantitative estimate of drug-likeness (QED) is 0.804. The van der Waals surface area contributed by atoms with Gasteiger partial charge in [-0.2, -0.15) is 0 Å². The monoisotopic (exact) mass is 210 g/mol. The molecule has 3 N–H and O–H groups in total. The van der Waals surface area contributed by atoms with Gasteiger partial charge in [0, 0.05) is 12.2 Å². The maximum Gasteiger partial charge on any atom is 0.411 e. The second-order valence-corrected chi connectivity index (χ2v) is 2.42. The molecule has 0 unspecified atom stereocenters. The summed E-state index contributed by atoms with van der Waals surface area (Å²) in [6.07, 6.45) is -0.475. The van der Waals surface area contributed by atoms with Crippen LogP contribution in [0.2, 0.25) is 0 Å². The second kappa shape index (κ2) is 9.02. The number of para-hydroxylation sites is 1. The number of amides is 1. The maximum absolute atomic E-state index is 11.0. The van der Waals surface area contributed by atoms with Crippen LogP contribution in [-0.4, -0.2) is 19.2 Å². The number of ether oxygens (including phenoxy) is 1. The summed E-state index contributed by atoms with van der Waals surface area (Å²) >= 11 is 0. The van der Waals surface area contributed by atoms with Gasteiger partial charge in [0.15, 0.2) is 0 Å². The van der Waals surface area contributed by atoms with Crippen molar-refractivity contribution in [1.29, 1.82) is 0 Å². The molecule has 0 spiro atoms. The Labute approximate surface area is 90.4 Å². The molecule has 15 heavy (non-hydrogen) atoms. The molecule has 0 aliphatic heterocycles. The molecule has 4 nitrogen and oxygen atoms in total. The first kappa shape index (κ1) is 13.4. The third-order valence-electron chi connectivity index (χ3n) is 1.37. The van der Waals surface area contributed by atoms with Gasteiger partial charge >= 0.3 is 6.09 Å². The van der Waals surface area contributed by atoms with E-state index in [-0.39, 0.29) is 6.61 Å². The van der Waals surface area contributed by atoms with Crippen molar-refractivity contribution in [3.63, 3.8) is 0 Å². The molecular formula is C11H18N2O2. The molecule has 4 heteroatoms. The number of benzene rings is 1. The van der Waals surface area contributed by atoms with Crippen LogP contribution in [0.3, 0.4) is 0 Å². The van der Waals surface area contributed by atoms with Gasteiger partial charge < -0.3 is 10.5 Å². The Balaban J connectivity index is 0.000000921. The van der Waals surface area contributed by atoms with Gasteiger partial charge in [0.05, 0.1) is 0 Å². The molecule has 0 fully saturated rings. The van der Waals surface area contributed by atoms with Crippen molar-refractivity contribution in [3.8, 4) is 0 Å². The maximum atomic E-state index is 11.0. The SMILES string of the molecule is CC.NCCOC(=O)Nc1ccccc1. The topological polar surface area (TPSA) is 64.3 Å². The summed E-state index contributed by atoms with van der Waals surface area (Å²) in [6.45, 7) is 4.57. The lowest BCUT2D eigenvalue weighted by molar-refractivity contribution is 0.165. The van der Waals surface area contributed by atoms with Crippen LogP contribution in [-0.2, 0) is 4.74 Å². The molecule has 0 aliphatic rings. The summed E-state index contributed by atoms with van der Waals surface area (Å²) in [6, 6.07) is 9.10. The zero-order valence-electron chi connectivity index (χ0n) is 9.19. The van der Waals surface area contributed by atoms with Crippen LogP contribution in [0.5, 0.6) is 0 Å². The van der Waals surface area contributed by atoms with Crippen LogP contribution in [0, 0.1) is 0 Å². The fourth-order valence-electron chi connectivity index (χ4n) is 0.827. The van der Waals surface area contributed by atoms with Crippen molar-refractivity contribution in [3.05, 3.63) is 30.3 Å². The number of nitrogens with one attached hydrogen (secondary N) is 1. The molecule has 84 valence electrons. The fourth-order valence-corrected chi connectivity index (χ4v) is 0.827. The molecule has 0 bridgehead atoms. The van der Waals surface area contributed by atoms with E-state index >= 15 is 0 Å². The number of carbonyl (C=O) groups is 1. The van der Waals surface area contributed by atoms with Crippen molar-refractivity contribution in [2.45, 2.75) is 13.8 Å². The van der Waals surface area contributed by atoms with E-state index in [2.05, 4.69) is 5.32 Å². The summed E-state index contributed by atoms with van der Waals surface area (Å²) in [7, 11) is 0. The van der Waals surface area contributed by atoms with Crippen LogP contribution in [0.25, 0.3) is 0 Å². The van der Waals surface area contributed by atoms with E-state index in [1.165, 1.54) is 0 Å². The summed E-state index contributed by atoms with van der Waals surface area (Å²) in [4.78, 5) is 11.0. The van der Waals surface area contributed by atoms with E-state index in [1.54, 1.807) is 12.1 Å². The van der Waals surface area contributed by atoms with Gasteiger partial charge in [-0.25, -0.2) is 4.79 Å². The molecule has 1 aromatic rings. The lowest BCUT2D eigenvalue weighted by atomic mass is 10.3. The zero-order chi connectivity index (χ0) is 11.5. The Morgan fingerprint density at radius 3 is 2.47 bits per heavy atom. The molecule has 0 aliphatic carbocycles. The molecule has 1 rings (SSSR count). The van der Waals surface area contributed by atoms with Crippen molar-refractivity contribution in [1.82, 2.24) is 0 Å². The van der Waals surface area contributed by atoms with Crippen molar-refractivity contribution in [2.75, 3.05) is 18.5 Å². The summed E-state index contributed by atoms with van der Waals surface area (Å²) in [5, 5.41) is 2.56. The molecule has 1 aromatic carbocycles. The highest BCUT2D eigenvalue weighted by molar-refractivity contribution is 5.84. The summed E-state index contributed by atoms with van der Waals surface area (Å²) in [5.41, 5.74) is 5.88. The molecule has 1 amide bonds. The van der Waals surface area contributed by atoms with Gasteiger partial charge in [-0.1, -0.05) is 32.0 Å². The average molecular weight is 210 g/mol. The van der Waals surface area contributed by atoms with Gasteiger partial charge in [0.1, 0.15) is 6.61 Å². The normalized spacial score (nSPS) is 8.47. The Hall–Kier alpha value is -1.55. The Morgan fingerprint density at radius 2 is 1.93 bits per heavy atom. The highest BCUT2D eigenvalue weighted by atomic mass is 16.5. The van der Waals surface area contributed by atoms with Crippen LogP contribution < -0.4 is 11.1 Å². The molecule has 0 saturated carbocycles. The van der Waals surface area contributed by atoms with E-state index in [0.717, 1.165) is 0 Å².